The summed E-state index contributed by atoms with van der Waals surface area (Å²) >= 11 is 0. The van der Waals surface area contributed by atoms with Crippen molar-refractivity contribution in [2.45, 2.75) is 50.6 Å². The predicted octanol–water partition coefficient (Wildman–Crippen LogP) is 1.67. The number of alkyl halides is 3. The third-order valence-corrected chi connectivity index (χ3v) is 6.77. The van der Waals surface area contributed by atoms with Crippen molar-refractivity contribution >= 4 is 16.0 Å². The molecule has 0 amide bonds. The van der Waals surface area contributed by atoms with Crippen LogP contribution in [0.1, 0.15) is 39.0 Å². The van der Waals surface area contributed by atoms with Gasteiger partial charge in [-0.2, -0.15) is 17.5 Å². The van der Waals surface area contributed by atoms with Crippen molar-refractivity contribution in [1.29, 1.82) is 0 Å². The van der Waals surface area contributed by atoms with Crippen LogP contribution >= 0.6 is 0 Å². The summed E-state index contributed by atoms with van der Waals surface area (Å²) in [7, 11) is -3.57. The van der Waals surface area contributed by atoms with Crippen molar-refractivity contribution in [3.8, 4) is 0 Å². The third-order valence-electron chi connectivity index (χ3n) is 5.14. The molecule has 11 heteroatoms. The SMILES string of the molecule is CCNC(=NCC1(CCOC)CC1)NC1CCN(S(=O)(=O)C(F)(F)F)CC1. The molecule has 1 saturated carbocycles. The fourth-order valence-electron chi connectivity index (χ4n) is 3.13. The van der Waals surface area contributed by atoms with Crippen molar-refractivity contribution in [1.82, 2.24) is 14.9 Å². The minimum atomic E-state index is -5.25. The molecular formula is C16H29F3N4O3S. The molecule has 2 rings (SSSR count). The number of rotatable bonds is 8. The van der Waals surface area contributed by atoms with E-state index in [4.69, 9.17) is 4.74 Å². The zero-order valence-corrected chi connectivity index (χ0v) is 16.6. The number of hydrogen-bond donors (Lipinski definition) is 2. The fraction of sp³-hybridized carbons (Fsp3) is 0.938. The Morgan fingerprint density at radius 2 is 1.93 bits per heavy atom. The summed E-state index contributed by atoms with van der Waals surface area (Å²) in [6.45, 7) is 3.66. The minimum absolute atomic E-state index is 0.114. The topological polar surface area (TPSA) is 83.0 Å². The monoisotopic (exact) mass is 414 g/mol. The third kappa shape index (κ3) is 5.95. The first kappa shape index (κ1) is 22.2. The lowest BCUT2D eigenvalue weighted by Gasteiger charge is -2.32. The van der Waals surface area contributed by atoms with E-state index in [2.05, 4.69) is 15.6 Å². The van der Waals surface area contributed by atoms with Gasteiger partial charge in [-0.3, -0.25) is 4.99 Å². The molecular weight excluding hydrogens is 385 g/mol. The molecule has 0 bridgehead atoms. The van der Waals surface area contributed by atoms with Crippen LogP contribution in [0.3, 0.4) is 0 Å². The molecule has 158 valence electrons. The molecule has 27 heavy (non-hydrogen) atoms. The highest BCUT2D eigenvalue weighted by molar-refractivity contribution is 7.90. The van der Waals surface area contributed by atoms with Gasteiger partial charge in [0.2, 0.25) is 0 Å². The van der Waals surface area contributed by atoms with Gasteiger partial charge in [0.15, 0.2) is 5.96 Å². The van der Waals surface area contributed by atoms with Crippen molar-refractivity contribution in [3.05, 3.63) is 0 Å². The number of hydrogen-bond acceptors (Lipinski definition) is 4. The number of ether oxygens (including phenoxy) is 1. The lowest BCUT2D eigenvalue weighted by atomic mass is 10.0. The van der Waals surface area contributed by atoms with Gasteiger partial charge in [0.1, 0.15) is 0 Å². The summed E-state index contributed by atoms with van der Waals surface area (Å²) in [5.41, 5.74) is -5.05. The van der Waals surface area contributed by atoms with Crippen molar-refractivity contribution in [3.63, 3.8) is 0 Å². The van der Waals surface area contributed by atoms with Crippen LogP contribution in [0, 0.1) is 5.41 Å². The lowest BCUT2D eigenvalue weighted by molar-refractivity contribution is -0.0494. The molecule has 1 saturated heterocycles. The average Bonchev–Trinajstić information content (AvgIpc) is 3.38. The van der Waals surface area contributed by atoms with E-state index in [0.717, 1.165) is 19.3 Å². The van der Waals surface area contributed by atoms with Gasteiger partial charge < -0.3 is 15.4 Å². The Balaban J connectivity index is 1.88. The molecule has 0 spiro atoms. The number of halogens is 3. The molecule has 0 unspecified atom stereocenters. The average molecular weight is 414 g/mol. The standard InChI is InChI=1S/C16H29F3N4O3S/c1-3-20-14(21-12-15(6-7-15)8-11-26-2)22-13-4-9-23(10-5-13)27(24,25)16(17,18)19/h13H,3-12H2,1-2H3,(H2,20,21,22). The van der Waals surface area contributed by atoms with E-state index in [1.165, 1.54) is 0 Å². The summed E-state index contributed by atoms with van der Waals surface area (Å²) in [5, 5.41) is 6.38. The number of nitrogens with zero attached hydrogens (tertiary/aromatic N) is 2. The normalized spacial score (nSPS) is 21.9. The van der Waals surface area contributed by atoms with Crippen LogP contribution in [0.15, 0.2) is 4.99 Å². The van der Waals surface area contributed by atoms with E-state index >= 15 is 0 Å². The number of guanidine groups is 1. The number of piperidine rings is 1. The maximum atomic E-state index is 12.6. The summed E-state index contributed by atoms with van der Waals surface area (Å²) in [4.78, 5) is 4.63. The molecule has 2 fully saturated rings. The highest BCUT2D eigenvalue weighted by Gasteiger charge is 2.50. The van der Waals surface area contributed by atoms with E-state index in [1.54, 1.807) is 7.11 Å². The van der Waals surface area contributed by atoms with E-state index < -0.39 is 15.5 Å². The van der Waals surface area contributed by atoms with Gasteiger partial charge in [-0.15, -0.1) is 0 Å². The highest BCUT2D eigenvalue weighted by Crippen LogP contribution is 2.48. The second-order valence-corrected chi connectivity index (χ2v) is 9.14. The second kappa shape index (κ2) is 8.95. The molecule has 2 aliphatic rings. The number of sulfonamides is 1. The largest absolute Gasteiger partial charge is 0.511 e. The Morgan fingerprint density at radius 3 is 2.41 bits per heavy atom. The Kier molecular flexibility index (Phi) is 7.37. The molecule has 0 radical (unpaired) electrons. The first-order valence-corrected chi connectivity index (χ1v) is 10.7. The molecule has 1 aliphatic heterocycles. The van der Waals surface area contributed by atoms with Crippen LogP contribution in [-0.2, 0) is 14.8 Å². The summed E-state index contributed by atoms with van der Waals surface area (Å²) < 4.78 is 66.6. The summed E-state index contributed by atoms with van der Waals surface area (Å²) in [5.74, 6) is 0.623. The molecule has 0 aromatic carbocycles. The van der Waals surface area contributed by atoms with Gasteiger partial charge in [-0.05, 0) is 44.4 Å². The van der Waals surface area contributed by atoms with Crippen LogP contribution in [-0.4, -0.2) is 70.1 Å². The molecule has 1 heterocycles. The van der Waals surface area contributed by atoms with Crippen LogP contribution in [0.2, 0.25) is 0 Å². The van der Waals surface area contributed by atoms with E-state index in [1.807, 2.05) is 6.92 Å². The Bertz CT molecular complexity index is 613. The van der Waals surface area contributed by atoms with Crippen molar-refractivity contribution in [2.24, 2.45) is 10.4 Å². The van der Waals surface area contributed by atoms with Gasteiger partial charge in [0.05, 0.1) is 0 Å². The Labute approximate surface area is 158 Å². The van der Waals surface area contributed by atoms with Crippen LogP contribution in [0.5, 0.6) is 0 Å². The van der Waals surface area contributed by atoms with Crippen molar-refractivity contribution in [2.75, 3.05) is 39.9 Å². The molecule has 0 atom stereocenters. The van der Waals surface area contributed by atoms with Crippen LogP contribution in [0.4, 0.5) is 13.2 Å². The Morgan fingerprint density at radius 1 is 1.30 bits per heavy atom. The van der Waals surface area contributed by atoms with Gasteiger partial charge in [-0.25, -0.2) is 8.42 Å². The van der Waals surface area contributed by atoms with Gasteiger partial charge in [-0.1, -0.05) is 0 Å². The summed E-state index contributed by atoms with van der Waals surface area (Å²) in [6, 6.07) is -0.114. The van der Waals surface area contributed by atoms with E-state index in [0.29, 0.717) is 42.8 Å². The smallest absolute Gasteiger partial charge is 0.385 e. The van der Waals surface area contributed by atoms with Gasteiger partial charge in [0.25, 0.3) is 0 Å². The predicted molar refractivity (Wildman–Crippen MR) is 96.8 cm³/mol. The zero-order chi connectivity index (χ0) is 20.1. The highest BCUT2D eigenvalue weighted by atomic mass is 32.2. The quantitative estimate of drug-likeness (QED) is 0.466. The number of aliphatic imine (C=N–C) groups is 1. The van der Waals surface area contributed by atoms with Gasteiger partial charge >= 0.3 is 15.5 Å². The molecule has 2 N–H and O–H groups in total. The maximum absolute atomic E-state index is 12.6. The first-order valence-electron chi connectivity index (χ1n) is 9.24. The number of nitrogens with one attached hydrogen (secondary N) is 2. The van der Waals surface area contributed by atoms with Gasteiger partial charge in [0, 0.05) is 45.9 Å². The first-order chi connectivity index (χ1) is 12.6. The lowest BCUT2D eigenvalue weighted by Crippen LogP contribution is -2.51. The molecule has 0 aromatic rings. The van der Waals surface area contributed by atoms with Crippen molar-refractivity contribution < 1.29 is 26.3 Å². The van der Waals surface area contributed by atoms with E-state index in [9.17, 15) is 21.6 Å². The van der Waals surface area contributed by atoms with E-state index in [-0.39, 0.29) is 24.5 Å². The maximum Gasteiger partial charge on any atom is 0.511 e. The minimum Gasteiger partial charge on any atom is -0.385 e. The summed E-state index contributed by atoms with van der Waals surface area (Å²) in [6.07, 6.45) is 3.79. The fourth-order valence-corrected chi connectivity index (χ4v) is 4.11. The number of methoxy groups -OCH3 is 1. The second-order valence-electron chi connectivity index (χ2n) is 7.21. The van der Waals surface area contributed by atoms with Crippen LogP contribution < -0.4 is 10.6 Å². The molecule has 7 nitrogen and oxygen atoms in total. The molecule has 1 aliphatic carbocycles. The van der Waals surface area contributed by atoms with Crippen LogP contribution in [0.25, 0.3) is 0 Å². The Hall–Kier alpha value is -1.07. The molecule has 0 aromatic heterocycles. The zero-order valence-electron chi connectivity index (χ0n) is 15.8.